The van der Waals surface area contributed by atoms with E-state index in [1.165, 1.54) is 25.5 Å². The summed E-state index contributed by atoms with van der Waals surface area (Å²) >= 11 is 0. The Kier molecular flexibility index (Phi) is 10.1. The summed E-state index contributed by atoms with van der Waals surface area (Å²) in [4.78, 5) is 29.4. The van der Waals surface area contributed by atoms with Crippen LogP contribution in [0.15, 0.2) is 42.6 Å². The first kappa shape index (κ1) is 25.9. The smallest absolute Gasteiger partial charge is 0.242 e. The Morgan fingerprint density at radius 2 is 1.85 bits per heavy atom. The van der Waals surface area contributed by atoms with Crippen molar-refractivity contribution in [2.75, 3.05) is 26.3 Å². The lowest BCUT2D eigenvalue weighted by Crippen LogP contribution is -2.47. The molecule has 1 aromatic carbocycles. The second-order valence-electron chi connectivity index (χ2n) is 9.06. The van der Waals surface area contributed by atoms with E-state index in [0.717, 1.165) is 36.9 Å². The lowest BCUT2D eigenvalue weighted by Gasteiger charge is -2.36. The summed E-state index contributed by atoms with van der Waals surface area (Å²) in [5.74, 6) is -0.344. The Morgan fingerprint density at radius 1 is 1.12 bits per heavy atom. The van der Waals surface area contributed by atoms with Crippen molar-refractivity contribution in [2.45, 2.75) is 71.5 Å². The van der Waals surface area contributed by atoms with Gasteiger partial charge in [0.2, 0.25) is 11.8 Å². The van der Waals surface area contributed by atoms with Crippen LogP contribution >= 0.6 is 0 Å². The van der Waals surface area contributed by atoms with E-state index in [0.29, 0.717) is 39.3 Å². The fraction of sp³-hybridized carbons (Fsp3) is 0.556. The second-order valence-corrected chi connectivity index (χ2v) is 9.06. The molecule has 3 rings (SSSR count). The van der Waals surface area contributed by atoms with Crippen molar-refractivity contribution in [3.63, 3.8) is 0 Å². The number of aromatic nitrogens is 1. The molecule has 2 aromatic rings. The molecule has 1 saturated carbocycles. The molecule has 0 bridgehead atoms. The summed E-state index contributed by atoms with van der Waals surface area (Å²) in [6.45, 7) is 6.42. The third-order valence-corrected chi connectivity index (χ3v) is 6.55. The van der Waals surface area contributed by atoms with Gasteiger partial charge in [-0.25, -0.2) is 4.39 Å². The number of ether oxygens (including phenoxy) is 1. The summed E-state index contributed by atoms with van der Waals surface area (Å²) in [5, 5.41) is 0. The molecule has 1 heterocycles. The maximum absolute atomic E-state index is 13.5. The van der Waals surface area contributed by atoms with Gasteiger partial charge in [0.25, 0.3) is 0 Å². The molecule has 0 saturated heterocycles. The molecule has 0 spiro atoms. The Morgan fingerprint density at radius 3 is 2.53 bits per heavy atom. The van der Waals surface area contributed by atoms with Gasteiger partial charge in [-0.3, -0.25) is 9.59 Å². The van der Waals surface area contributed by atoms with Gasteiger partial charge in [-0.15, -0.1) is 0 Å². The maximum atomic E-state index is 13.5. The van der Waals surface area contributed by atoms with Gasteiger partial charge in [0.1, 0.15) is 5.82 Å². The van der Waals surface area contributed by atoms with Crippen molar-refractivity contribution < 1.29 is 18.7 Å². The first-order valence-corrected chi connectivity index (χ1v) is 12.5. The molecule has 0 N–H and O–H groups in total. The zero-order valence-corrected chi connectivity index (χ0v) is 20.5. The summed E-state index contributed by atoms with van der Waals surface area (Å²) < 4.78 is 20.8. The molecular weight excluding hydrogens is 433 g/mol. The minimum Gasteiger partial charge on any atom is -0.382 e. The van der Waals surface area contributed by atoms with Crippen molar-refractivity contribution >= 4 is 11.8 Å². The number of hydrogen-bond donors (Lipinski definition) is 0. The summed E-state index contributed by atoms with van der Waals surface area (Å²) in [6, 6.07) is 10.7. The summed E-state index contributed by atoms with van der Waals surface area (Å²) in [6.07, 6.45) is 8.15. The van der Waals surface area contributed by atoms with E-state index < -0.39 is 0 Å². The minimum atomic E-state index is -0.248. The van der Waals surface area contributed by atoms with E-state index in [9.17, 15) is 14.0 Å². The molecule has 0 atom stereocenters. The highest BCUT2D eigenvalue weighted by Gasteiger charge is 2.28. The number of rotatable bonds is 12. The highest BCUT2D eigenvalue weighted by molar-refractivity contribution is 5.84. The molecule has 7 heteroatoms. The normalized spacial score (nSPS) is 14.2. The third kappa shape index (κ3) is 7.69. The molecule has 1 fully saturated rings. The van der Waals surface area contributed by atoms with Gasteiger partial charge in [-0.2, -0.15) is 0 Å². The number of carbonyl (C=O) groups excluding carboxylic acids is 2. The van der Waals surface area contributed by atoms with Crippen LogP contribution in [0.5, 0.6) is 0 Å². The van der Waals surface area contributed by atoms with Crippen LogP contribution in [0.1, 0.15) is 63.6 Å². The summed E-state index contributed by atoms with van der Waals surface area (Å²) in [5.41, 5.74) is 2.04. The van der Waals surface area contributed by atoms with E-state index >= 15 is 0 Å². The number of amides is 2. The molecule has 2 amide bonds. The Hall–Kier alpha value is -2.67. The summed E-state index contributed by atoms with van der Waals surface area (Å²) in [7, 11) is 0. The molecule has 6 nitrogen and oxygen atoms in total. The molecule has 34 heavy (non-hydrogen) atoms. The van der Waals surface area contributed by atoms with Crippen LogP contribution in [0.2, 0.25) is 0 Å². The quantitative estimate of drug-likeness (QED) is 0.425. The number of hydrogen-bond acceptors (Lipinski definition) is 3. The van der Waals surface area contributed by atoms with E-state index in [1.807, 2.05) is 30.2 Å². The number of halogens is 1. The molecule has 0 aliphatic heterocycles. The fourth-order valence-corrected chi connectivity index (χ4v) is 4.63. The van der Waals surface area contributed by atoms with Crippen molar-refractivity contribution in [2.24, 2.45) is 0 Å². The number of carbonyl (C=O) groups is 2. The van der Waals surface area contributed by atoms with Crippen LogP contribution in [0.25, 0.3) is 0 Å². The molecule has 186 valence electrons. The molecular formula is C27H38FN3O3. The van der Waals surface area contributed by atoms with E-state index in [1.54, 1.807) is 17.0 Å². The zero-order chi connectivity index (χ0) is 24.3. The highest BCUT2D eigenvalue weighted by Crippen LogP contribution is 2.25. The van der Waals surface area contributed by atoms with Crippen molar-refractivity contribution in [1.82, 2.24) is 14.4 Å². The minimum absolute atomic E-state index is 0.00644. The number of nitrogens with zero attached hydrogens (tertiary/aromatic N) is 3. The fourth-order valence-electron chi connectivity index (χ4n) is 4.63. The Labute approximate surface area is 202 Å². The predicted octanol–water partition coefficient (Wildman–Crippen LogP) is 4.61. The van der Waals surface area contributed by atoms with E-state index in [2.05, 4.69) is 4.57 Å². The standard InChI is InChI=1S/C27H38FN3O3/c1-3-34-18-8-17-29(22(2)32)21-27(33)31(25-9-5-4-6-10-25)20-26-11-7-16-30(26)19-23-12-14-24(28)15-13-23/h7,11-16,25H,3-6,8-10,17-21H2,1-2H3. The number of benzene rings is 1. The molecule has 1 aliphatic carbocycles. The first-order valence-electron chi connectivity index (χ1n) is 12.5. The first-order chi connectivity index (χ1) is 16.5. The second kappa shape index (κ2) is 13.3. The van der Waals surface area contributed by atoms with Crippen molar-refractivity contribution in [3.05, 3.63) is 59.7 Å². The van der Waals surface area contributed by atoms with Gasteiger partial charge in [0.15, 0.2) is 0 Å². The molecule has 0 radical (unpaired) electrons. The average molecular weight is 472 g/mol. The monoisotopic (exact) mass is 471 g/mol. The van der Waals surface area contributed by atoms with Gasteiger partial charge in [-0.1, -0.05) is 31.4 Å². The maximum Gasteiger partial charge on any atom is 0.242 e. The third-order valence-electron chi connectivity index (χ3n) is 6.55. The van der Waals surface area contributed by atoms with Crippen molar-refractivity contribution in [3.8, 4) is 0 Å². The average Bonchev–Trinajstić information content (AvgIpc) is 3.27. The van der Waals surface area contributed by atoms with Gasteiger partial charge in [-0.05, 0) is 56.0 Å². The lowest BCUT2D eigenvalue weighted by atomic mass is 9.94. The highest BCUT2D eigenvalue weighted by atomic mass is 19.1. The van der Waals surface area contributed by atoms with Gasteiger partial charge in [0.05, 0.1) is 13.1 Å². The Balaban J connectivity index is 1.72. The van der Waals surface area contributed by atoms with E-state index in [4.69, 9.17) is 4.74 Å². The van der Waals surface area contributed by atoms with Gasteiger partial charge >= 0.3 is 0 Å². The van der Waals surface area contributed by atoms with Crippen LogP contribution in [-0.2, 0) is 27.4 Å². The van der Waals surface area contributed by atoms with Gasteiger partial charge in [0, 0.05) is 51.2 Å². The topological polar surface area (TPSA) is 54.8 Å². The van der Waals surface area contributed by atoms with Gasteiger partial charge < -0.3 is 19.1 Å². The molecule has 1 aliphatic rings. The largest absolute Gasteiger partial charge is 0.382 e. The predicted molar refractivity (Wildman–Crippen MR) is 131 cm³/mol. The van der Waals surface area contributed by atoms with E-state index in [-0.39, 0.29) is 30.2 Å². The molecule has 1 aromatic heterocycles. The van der Waals surface area contributed by atoms with Crippen LogP contribution in [0.3, 0.4) is 0 Å². The lowest BCUT2D eigenvalue weighted by molar-refractivity contribution is -0.142. The SMILES string of the molecule is CCOCCCN(CC(=O)N(Cc1cccn1Cc1ccc(F)cc1)C1CCCCC1)C(C)=O. The Bertz CT molecular complexity index is 906. The van der Waals surface area contributed by atoms with Crippen molar-refractivity contribution in [1.29, 1.82) is 0 Å². The van der Waals surface area contributed by atoms with Crippen LogP contribution in [0, 0.1) is 5.82 Å². The zero-order valence-electron chi connectivity index (χ0n) is 20.5. The molecule has 0 unspecified atom stereocenters. The van der Waals surface area contributed by atoms with Crippen LogP contribution < -0.4 is 0 Å². The van der Waals surface area contributed by atoms with Crippen LogP contribution in [0.4, 0.5) is 4.39 Å². The van der Waals surface area contributed by atoms with Crippen LogP contribution in [-0.4, -0.2) is 58.5 Å².